The van der Waals surface area contributed by atoms with Gasteiger partial charge >= 0.3 is 0 Å². The summed E-state index contributed by atoms with van der Waals surface area (Å²) in [4.78, 5) is 0. The molecule has 90 valence electrons. The van der Waals surface area contributed by atoms with Crippen molar-refractivity contribution in [1.82, 2.24) is 0 Å². The van der Waals surface area contributed by atoms with Crippen LogP contribution in [0.15, 0.2) is 28.7 Å². The zero-order valence-corrected chi connectivity index (χ0v) is 12.3. The quantitative estimate of drug-likeness (QED) is 0.712. The van der Waals surface area contributed by atoms with E-state index in [1.165, 1.54) is 0 Å². The van der Waals surface area contributed by atoms with Crippen molar-refractivity contribution >= 4 is 39.1 Å². The van der Waals surface area contributed by atoms with Gasteiger partial charge in [0.1, 0.15) is 0 Å². The van der Waals surface area contributed by atoms with Crippen molar-refractivity contribution in [2.45, 2.75) is 11.8 Å². The number of rotatable bonds is 6. The van der Waals surface area contributed by atoms with Crippen LogP contribution in [0, 0.1) is 0 Å². The van der Waals surface area contributed by atoms with Gasteiger partial charge in [0.15, 0.2) is 0 Å². The van der Waals surface area contributed by atoms with Crippen LogP contribution in [0.5, 0.6) is 0 Å². The highest BCUT2D eigenvalue weighted by atomic mass is 79.9. The Kier molecular flexibility index (Phi) is 6.12. The Hall–Kier alpha value is 0.240. The maximum Gasteiger partial charge on any atom is 0.0471 e. The van der Waals surface area contributed by atoms with E-state index < -0.39 is 0 Å². The fourth-order valence-electron chi connectivity index (χ4n) is 1.58. The lowest BCUT2D eigenvalue weighted by Gasteiger charge is -2.30. The first kappa shape index (κ1) is 14.3. The summed E-state index contributed by atoms with van der Waals surface area (Å²) in [6.07, 6.45) is 0.826. The molecule has 0 atom stereocenters. The molecule has 0 aromatic heterocycles. The van der Waals surface area contributed by atoms with E-state index in [-0.39, 0.29) is 5.41 Å². The molecule has 0 saturated carbocycles. The first-order valence-electron chi connectivity index (χ1n) is 5.05. The molecule has 0 radical (unpaired) electrons. The fraction of sp³-hybridized carbons (Fsp3) is 0.500. The third kappa shape index (κ3) is 3.36. The molecule has 0 unspecified atom stereocenters. The Bertz CT molecular complexity index is 327. The molecular formula is C12H15BrCl2O. The van der Waals surface area contributed by atoms with Crippen LogP contribution in [-0.4, -0.2) is 25.5 Å². The highest BCUT2D eigenvalue weighted by Crippen LogP contribution is 2.32. The third-order valence-corrected chi connectivity index (χ3v) is 4.25. The Morgan fingerprint density at radius 1 is 1.31 bits per heavy atom. The number of alkyl halides is 2. The maximum atomic E-state index is 6.09. The maximum absolute atomic E-state index is 6.09. The van der Waals surface area contributed by atoms with Gasteiger partial charge in [-0.15, -0.1) is 23.2 Å². The summed E-state index contributed by atoms with van der Waals surface area (Å²) in [6.45, 7) is 0.659. The number of hydrogen-bond acceptors (Lipinski definition) is 1. The average molecular weight is 326 g/mol. The summed E-state index contributed by atoms with van der Waals surface area (Å²) >= 11 is 15.6. The topological polar surface area (TPSA) is 9.23 Å². The molecule has 16 heavy (non-hydrogen) atoms. The largest absolute Gasteiger partial charge is 0.385 e. The van der Waals surface area contributed by atoms with E-state index in [1.807, 2.05) is 12.1 Å². The number of hydrogen-bond donors (Lipinski definition) is 0. The first-order valence-corrected chi connectivity index (χ1v) is 6.91. The summed E-state index contributed by atoms with van der Waals surface area (Å²) in [5.41, 5.74) is 0.951. The molecule has 4 heteroatoms. The van der Waals surface area contributed by atoms with Crippen LogP contribution in [0.4, 0.5) is 0 Å². The molecule has 0 spiro atoms. The van der Waals surface area contributed by atoms with Crippen molar-refractivity contribution in [2.24, 2.45) is 0 Å². The zero-order chi connectivity index (χ0) is 12.0. The molecule has 1 aromatic carbocycles. The second-order valence-electron chi connectivity index (χ2n) is 3.80. The minimum absolute atomic E-state index is 0.205. The van der Waals surface area contributed by atoms with E-state index in [0.717, 1.165) is 16.5 Å². The summed E-state index contributed by atoms with van der Waals surface area (Å²) in [5.74, 6) is 0.993. The second-order valence-corrected chi connectivity index (χ2v) is 5.25. The van der Waals surface area contributed by atoms with Gasteiger partial charge in [0.05, 0.1) is 0 Å². The predicted molar refractivity (Wildman–Crippen MR) is 73.8 cm³/mol. The lowest BCUT2D eigenvalue weighted by Crippen LogP contribution is -2.32. The van der Waals surface area contributed by atoms with Gasteiger partial charge in [0.2, 0.25) is 0 Å². The highest BCUT2D eigenvalue weighted by Gasteiger charge is 2.30. The SMILES string of the molecule is COCCC(CCl)(CCl)c1cccc(Br)c1. The van der Waals surface area contributed by atoms with Crippen LogP contribution >= 0.6 is 39.1 Å². The lowest BCUT2D eigenvalue weighted by molar-refractivity contribution is 0.176. The normalized spacial score (nSPS) is 11.8. The Morgan fingerprint density at radius 2 is 2.00 bits per heavy atom. The number of halogens is 3. The van der Waals surface area contributed by atoms with Gasteiger partial charge in [-0.2, -0.15) is 0 Å². The molecule has 1 rings (SSSR count). The Balaban J connectivity index is 2.99. The van der Waals surface area contributed by atoms with Crippen molar-refractivity contribution in [1.29, 1.82) is 0 Å². The van der Waals surface area contributed by atoms with Gasteiger partial charge in [0.25, 0.3) is 0 Å². The standard InChI is InChI=1S/C12H15BrCl2O/c1-16-6-5-12(8-14,9-15)10-3-2-4-11(13)7-10/h2-4,7H,5-6,8-9H2,1H3. The molecule has 0 fully saturated rings. The Morgan fingerprint density at radius 3 is 2.50 bits per heavy atom. The van der Waals surface area contributed by atoms with E-state index in [9.17, 15) is 0 Å². The third-order valence-electron chi connectivity index (χ3n) is 2.73. The van der Waals surface area contributed by atoms with Gasteiger partial charge in [-0.25, -0.2) is 0 Å². The van der Waals surface area contributed by atoms with E-state index in [2.05, 4.69) is 28.1 Å². The lowest BCUT2D eigenvalue weighted by atomic mass is 9.81. The van der Waals surface area contributed by atoms with Gasteiger partial charge in [-0.05, 0) is 24.1 Å². The van der Waals surface area contributed by atoms with Gasteiger partial charge in [-0.3, -0.25) is 0 Å². The highest BCUT2D eigenvalue weighted by molar-refractivity contribution is 9.10. The smallest absolute Gasteiger partial charge is 0.0471 e. The molecule has 0 aliphatic carbocycles. The van der Waals surface area contributed by atoms with E-state index in [4.69, 9.17) is 27.9 Å². The van der Waals surface area contributed by atoms with Gasteiger partial charge in [-0.1, -0.05) is 28.1 Å². The van der Waals surface area contributed by atoms with Crippen LogP contribution in [0.3, 0.4) is 0 Å². The summed E-state index contributed by atoms with van der Waals surface area (Å²) in [7, 11) is 1.69. The van der Waals surface area contributed by atoms with E-state index in [0.29, 0.717) is 18.4 Å². The number of methoxy groups -OCH3 is 1. The predicted octanol–water partition coefficient (Wildman–Crippen LogP) is 4.20. The monoisotopic (exact) mass is 324 g/mol. The Labute approximate surface area is 115 Å². The molecule has 1 nitrogen and oxygen atoms in total. The van der Waals surface area contributed by atoms with Crippen LogP contribution in [0.1, 0.15) is 12.0 Å². The summed E-state index contributed by atoms with van der Waals surface area (Å²) in [6, 6.07) is 8.12. The fourth-order valence-corrected chi connectivity index (χ4v) is 2.84. The molecule has 0 heterocycles. The molecular weight excluding hydrogens is 311 g/mol. The number of benzene rings is 1. The molecule has 1 aromatic rings. The second kappa shape index (κ2) is 6.85. The molecule has 0 N–H and O–H groups in total. The van der Waals surface area contributed by atoms with Crippen molar-refractivity contribution < 1.29 is 4.74 Å². The first-order chi connectivity index (χ1) is 7.68. The minimum Gasteiger partial charge on any atom is -0.385 e. The minimum atomic E-state index is -0.205. The van der Waals surface area contributed by atoms with Gasteiger partial charge in [0, 0.05) is 35.4 Å². The molecule has 0 saturated heterocycles. The summed E-state index contributed by atoms with van der Waals surface area (Å²) in [5, 5.41) is 0. The van der Waals surface area contributed by atoms with Crippen molar-refractivity contribution in [3.63, 3.8) is 0 Å². The van der Waals surface area contributed by atoms with E-state index >= 15 is 0 Å². The average Bonchev–Trinajstić information content (AvgIpc) is 2.31. The molecule has 0 bridgehead atoms. The molecule has 0 amide bonds. The number of ether oxygens (including phenoxy) is 1. The molecule has 0 aliphatic rings. The summed E-state index contributed by atoms with van der Waals surface area (Å²) < 4.78 is 6.17. The van der Waals surface area contributed by atoms with Crippen LogP contribution < -0.4 is 0 Å². The molecule has 0 aliphatic heterocycles. The zero-order valence-electron chi connectivity index (χ0n) is 9.18. The van der Waals surface area contributed by atoms with Crippen molar-refractivity contribution in [2.75, 3.05) is 25.5 Å². The van der Waals surface area contributed by atoms with Crippen molar-refractivity contribution in [3.8, 4) is 0 Å². The van der Waals surface area contributed by atoms with Gasteiger partial charge < -0.3 is 4.74 Å². The van der Waals surface area contributed by atoms with Crippen LogP contribution in [0.2, 0.25) is 0 Å². The van der Waals surface area contributed by atoms with Crippen LogP contribution in [0.25, 0.3) is 0 Å². The van der Waals surface area contributed by atoms with Crippen molar-refractivity contribution in [3.05, 3.63) is 34.3 Å². The van der Waals surface area contributed by atoms with Crippen LogP contribution in [-0.2, 0) is 10.2 Å². The van der Waals surface area contributed by atoms with E-state index in [1.54, 1.807) is 7.11 Å².